The van der Waals surface area contributed by atoms with E-state index in [0.717, 1.165) is 5.69 Å². The maximum Gasteiger partial charge on any atom is 0.269 e. The zero-order chi connectivity index (χ0) is 21.8. The number of anilines is 1. The van der Waals surface area contributed by atoms with Gasteiger partial charge >= 0.3 is 0 Å². The molecule has 160 valence electrons. The number of hydrogen-bond acceptors (Lipinski definition) is 6. The highest BCUT2D eigenvalue weighted by molar-refractivity contribution is 5.77. The first kappa shape index (κ1) is 20.5. The molecule has 31 heavy (non-hydrogen) atoms. The Hall–Kier alpha value is -3.75. The standard InChI is InChI=1S/C22H23N5O4/c28-21(7-3-6-20-23-19-5-2-1-4-18(19)22(29)24-20)26-14-12-25(13-15-26)16-8-10-17(11-9-16)27(30)31/h1-2,4-5,8-11H,3,6-7,12-15H2,(H,23,24,29). The van der Waals surface area contributed by atoms with E-state index in [-0.39, 0.29) is 17.2 Å². The molecule has 1 aliphatic heterocycles. The molecule has 9 heteroatoms. The normalized spacial score (nSPS) is 14.1. The number of non-ortho nitro benzene ring substituents is 1. The van der Waals surface area contributed by atoms with Gasteiger partial charge in [-0.05, 0) is 30.7 Å². The highest BCUT2D eigenvalue weighted by atomic mass is 16.6. The van der Waals surface area contributed by atoms with Crippen LogP contribution in [0, 0.1) is 10.1 Å². The molecule has 9 nitrogen and oxygen atoms in total. The third-order valence-corrected chi connectivity index (χ3v) is 5.52. The van der Waals surface area contributed by atoms with E-state index in [4.69, 9.17) is 0 Å². The van der Waals surface area contributed by atoms with E-state index < -0.39 is 4.92 Å². The molecule has 2 aromatic carbocycles. The number of carbonyl (C=O) groups excluding carboxylic acids is 1. The number of nitrogens with one attached hydrogen (secondary N) is 1. The minimum absolute atomic E-state index is 0.0693. The zero-order valence-electron chi connectivity index (χ0n) is 17.0. The van der Waals surface area contributed by atoms with Crippen molar-refractivity contribution in [3.63, 3.8) is 0 Å². The van der Waals surface area contributed by atoms with E-state index in [1.54, 1.807) is 24.3 Å². The number of nitro groups is 1. The maximum absolute atomic E-state index is 12.6. The Labute approximate surface area is 178 Å². The highest BCUT2D eigenvalue weighted by Crippen LogP contribution is 2.21. The lowest BCUT2D eigenvalue weighted by Gasteiger charge is -2.36. The third-order valence-electron chi connectivity index (χ3n) is 5.52. The van der Waals surface area contributed by atoms with Gasteiger partial charge in [0.15, 0.2) is 0 Å². The van der Waals surface area contributed by atoms with Gasteiger partial charge < -0.3 is 14.8 Å². The zero-order valence-corrected chi connectivity index (χ0v) is 17.0. The summed E-state index contributed by atoms with van der Waals surface area (Å²) in [6.45, 7) is 2.59. The summed E-state index contributed by atoms with van der Waals surface area (Å²) in [5.74, 6) is 0.686. The number of H-pyrrole nitrogens is 1. The van der Waals surface area contributed by atoms with Crippen LogP contribution in [0.5, 0.6) is 0 Å². The first-order valence-electron chi connectivity index (χ1n) is 10.3. The van der Waals surface area contributed by atoms with E-state index >= 15 is 0 Å². The summed E-state index contributed by atoms with van der Waals surface area (Å²) in [5.41, 5.74) is 1.49. The van der Waals surface area contributed by atoms with E-state index in [2.05, 4.69) is 14.9 Å². The SMILES string of the molecule is O=C(CCCc1nc2ccccc2c(=O)[nH]1)N1CCN(c2ccc([N+](=O)[O-])cc2)CC1. The number of aromatic amines is 1. The van der Waals surface area contributed by atoms with Gasteiger partial charge in [-0.25, -0.2) is 4.98 Å². The molecular formula is C22H23N5O4. The van der Waals surface area contributed by atoms with Crippen molar-refractivity contribution >= 4 is 28.2 Å². The first-order chi connectivity index (χ1) is 15.0. The molecule has 0 atom stereocenters. The summed E-state index contributed by atoms with van der Waals surface area (Å²) in [4.78, 5) is 46.3. The minimum Gasteiger partial charge on any atom is -0.368 e. The van der Waals surface area contributed by atoms with E-state index in [1.165, 1.54) is 12.1 Å². The van der Waals surface area contributed by atoms with E-state index in [1.807, 2.05) is 17.0 Å². The molecule has 0 unspecified atom stereocenters. The molecule has 1 amide bonds. The van der Waals surface area contributed by atoms with Gasteiger partial charge in [-0.1, -0.05) is 12.1 Å². The second-order valence-corrected chi connectivity index (χ2v) is 7.52. The molecule has 1 saturated heterocycles. The monoisotopic (exact) mass is 421 g/mol. The molecule has 1 aromatic heterocycles. The maximum atomic E-state index is 12.6. The molecule has 0 bridgehead atoms. The average Bonchev–Trinajstić information content (AvgIpc) is 2.79. The predicted octanol–water partition coefficient (Wildman–Crippen LogP) is 2.50. The fourth-order valence-corrected chi connectivity index (χ4v) is 3.82. The van der Waals surface area contributed by atoms with Crippen molar-refractivity contribution in [2.75, 3.05) is 31.1 Å². The fraction of sp³-hybridized carbons (Fsp3) is 0.318. The van der Waals surface area contributed by atoms with Gasteiger partial charge in [0.1, 0.15) is 5.82 Å². The number of nitrogens with zero attached hydrogens (tertiary/aromatic N) is 4. The van der Waals surface area contributed by atoms with Gasteiger partial charge in [0, 0.05) is 56.8 Å². The number of nitro benzene ring substituents is 1. The summed E-state index contributed by atoms with van der Waals surface area (Å²) in [5, 5.41) is 11.3. The molecule has 4 rings (SSSR count). The lowest BCUT2D eigenvalue weighted by molar-refractivity contribution is -0.384. The summed E-state index contributed by atoms with van der Waals surface area (Å²) in [6.07, 6.45) is 1.55. The summed E-state index contributed by atoms with van der Waals surface area (Å²) in [6, 6.07) is 13.7. The number of benzene rings is 2. The fourth-order valence-electron chi connectivity index (χ4n) is 3.82. The predicted molar refractivity (Wildman–Crippen MR) is 117 cm³/mol. The molecule has 3 aromatic rings. The average molecular weight is 421 g/mol. The van der Waals surface area contributed by atoms with Crippen LogP contribution in [0.15, 0.2) is 53.3 Å². The minimum atomic E-state index is -0.413. The lowest BCUT2D eigenvalue weighted by atomic mass is 10.1. The first-order valence-corrected chi connectivity index (χ1v) is 10.3. The van der Waals surface area contributed by atoms with Gasteiger partial charge in [-0.2, -0.15) is 0 Å². The molecule has 0 aliphatic carbocycles. The van der Waals surface area contributed by atoms with Crippen LogP contribution in [0.25, 0.3) is 10.9 Å². The van der Waals surface area contributed by atoms with Crippen LogP contribution < -0.4 is 10.5 Å². The number of carbonyl (C=O) groups is 1. The molecule has 1 fully saturated rings. The van der Waals surface area contributed by atoms with Gasteiger partial charge in [-0.15, -0.1) is 0 Å². The lowest BCUT2D eigenvalue weighted by Crippen LogP contribution is -2.48. The van der Waals surface area contributed by atoms with Crippen LogP contribution in [0.3, 0.4) is 0 Å². The van der Waals surface area contributed by atoms with Crippen molar-refractivity contribution in [2.45, 2.75) is 19.3 Å². The number of hydrogen-bond donors (Lipinski definition) is 1. The van der Waals surface area contributed by atoms with E-state index in [0.29, 0.717) is 62.2 Å². The summed E-state index contributed by atoms with van der Waals surface area (Å²) < 4.78 is 0. The van der Waals surface area contributed by atoms with Crippen LogP contribution in [0.1, 0.15) is 18.7 Å². The summed E-state index contributed by atoms with van der Waals surface area (Å²) >= 11 is 0. The van der Waals surface area contributed by atoms with Gasteiger partial charge in [-0.3, -0.25) is 19.7 Å². The topological polar surface area (TPSA) is 112 Å². The van der Waals surface area contributed by atoms with Crippen molar-refractivity contribution < 1.29 is 9.72 Å². The second kappa shape index (κ2) is 8.95. The molecule has 2 heterocycles. The van der Waals surface area contributed by atoms with Crippen molar-refractivity contribution in [1.29, 1.82) is 0 Å². The second-order valence-electron chi connectivity index (χ2n) is 7.52. The van der Waals surface area contributed by atoms with Gasteiger partial charge in [0.25, 0.3) is 11.2 Å². The van der Waals surface area contributed by atoms with Crippen LogP contribution in [-0.4, -0.2) is 51.9 Å². The molecule has 1 N–H and O–H groups in total. The highest BCUT2D eigenvalue weighted by Gasteiger charge is 2.21. The Morgan fingerprint density at radius 1 is 1.06 bits per heavy atom. The smallest absolute Gasteiger partial charge is 0.269 e. The van der Waals surface area contributed by atoms with Crippen molar-refractivity contribution in [1.82, 2.24) is 14.9 Å². The van der Waals surface area contributed by atoms with Gasteiger partial charge in [0.2, 0.25) is 5.91 Å². The van der Waals surface area contributed by atoms with Crippen LogP contribution in [-0.2, 0) is 11.2 Å². The Kier molecular flexibility index (Phi) is 5.92. The van der Waals surface area contributed by atoms with Gasteiger partial charge in [0.05, 0.1) is 15.8 Å². The van der Waals surface area contributed by atoms with Crippen LogP contribution in [0.2, 0.25) is 0 Å². The number of rotatable bonds is 6. The molecular weight excluding hydrogens is 398 g/mol. The number of para-hydroxylation sites is 1. The van der Waals surface area contributed by atoms with Crippen molar-refractivity contribution in [3.05, 3.63) is 74.8 Å². The Bertz CT molecular complexity index is 1150. The Balaban J connectivity index is 1.27. The number of amides is 1. The van der Waals surface area contributed by atoms with Crippen LogP contribution in [0.4, 0.5) is 11.4 Å². The van der Waals surface area contributed by atoms with Crippen molar-refractivity contribution in [2.24, 2.45) is 0 Å². The quantitative estimate of drug-likeness (QED) is 0.483. The molecule has 0 radical (unpaired) electrons. The molecule has 0 spiro atoms. The van der Waals surface area contributed by atoms with E-state index in [9.17, 15) is 19.7 Å². The third kappa shape index (κ3) is 4.71. The number of piperazine rings is 1. The Morgan fingerprint density at radius 3 is 2.48 bits per heavy atom. The largest absolute Gasteiger partial charge is 0.368 e. The number of aryl methyl sites for hydroxylation is 1. The number of aromatic nitrogens is 2. The van der Waals surface area contributed by atoms with Crippen LogP contribution >= 0.6 is 0 Å². The number of fused-ring (bicyclic) bond motifs is 1. The van der Waals surface area contributed by atoms with Crippen molar-refractivity contribution in [3.8, 4) is 0 Å². The molecule has 1 aliphatic rings. The summed E-state index contributed by atoms with van der Waals surface area (Å²) in [7, 11) is 0. The Morgan fingerprint density at radius 2 is 1.77 bits per heavy atom. The molecule has 0 saturated carbocycles.